The second-order valence-corrected chi connectivity index (χ2v) is 2.32. The van der Waals surface area contributed by atoms with E-state index in [2.05, 4.69) is 6.58 Å². The van der Waals surface area contributed by atoms with Crippen LogP contribution in [0.15, 0.2) is 30.9 Å². The molecule has 0 aromatic heterocycles. The zero-order valence-corrected chi connectivity index (χ0v) is 6.66. The van der Waals surface area contributed by atoms with Gasteiger partial charge in [-0.2, -0.15) is 0 Å². The van der Waals surface area contributed by atoms with E-state index in [1.165, 1.54) is 6.07 Å². The first-order chi connectivity index (χ1) is 5.74. The summed E-state index contributed by atoms with van der Waals surface area (Å²) in [6.45, 7) is 3.94. The van der Waals surface area contributed by atoms with Crippen LogP contribution in [-0.2, 0) is 0 Å². The Balaban J connectivity index is 2.75. The van der Waals surface area contributed by atoms with Gasteiger partial charge in [0, 0.05) is 6.07 Å². The highest BCUT2D eigenvalue weighted by atomic mass is 16.5. The number of hydrogen-bond donors (Lipinski definition) is 2. The maximum Gasteiger partial charge on any atom is 0.138 e. The summed E-state index contributed by atoms with van der Waals surface area (Å²) in [4.78, 5) is 0. The van der Waals surface area contributed by atoms with Crippen molar-refractivity contribution in [2.24, 2.45) is 0 Å². The Kier molecular flexibility index (Phi) is 2.58. The van der Waals surface area contributed by atoms with Crippen molar-refractivity contribution in [2.75, 3.05) is 12.3 Å². The number of rotatable bonds is 3. The fourth-order valence-corrected chi connectivity index (χ4v) is 0.778. The monoisotopic (exact) mass is 165 g/mol. The van der Waals surface area contributed by atoms with Crippen molar-refractivity contribution in [1.29, 1.82) is 0 Å². The highest BCUT2D eigenvalue weighted by Crippen LogP contribution is 2.24. The Bertz CT molecular complexity index is 284. The average Bonchev–Trinajstić information content (AvgIpc) is 2.07. The van der Waals surface area contributed by atoms with Crippen molar-refractivity contribution in [3.63, 3.8) is 0 Å². The molecule has 3 nitrogen and oxygen atoms in total. The Labute approximate surface area is 71.1 Å². The summed E-state index contributed by atoms with van der Waals surface area (Å²) in [7, 11) is 0. The molecule has 1 aromatic rings. The number of nitrogens with two attached hydrogens (primary N) is 1. The summed E-state index contributed by atoms with van der Waals surface area (Å²) in [6, 6.07) is 4.71. The number of hydrogen-bond acceptors (Lipinski definition) is 3. The summed E-state index contributed by atoms with van der Waals surface area (Å²) in [5, 5.41) is 9.07. The van der Waals surface area contributed by atoms with Gasteiger partial charge in [0.05, 0.1) is 5.69 Å². The van der Waals surface area contributed by atoms with Crippen LogP contribution in [-0.4, -0.2) is 11.7 Å². The standard InChI is InChI=1S/C9H11NO2/c1-2-5-12-7-3-4-9(11)8(10)6-7/h2-4,6,11H,1,5,10H2. The fraction of sp³-hybridized carbons (Fsp3) is 0.111. The molecule has 3 N–H and O–H groups in total. The van der Waals surface area contributed by atoms with Gasteiger partial charge in [-0.3, -0.25) is 0 Å². The lowest BCUT2D eigenvalue weighted by molar-refractivity contribution is 0.362. The molecule has 0 saturated heterocycles. The highest BCUT2D eigenvalue weighted by Gasteiger charge is 1.97. The zero-order chi connectivity index (χ0) is 8.97. The minimum absolute atomic E-state index is 0.0703. The summed E-state index contributed by atoms with van der Waals surface area (Å²) in [5.74, 6) is 0.700. The third-order valence-electron chi connectivity index (χ3n) is 1.37. The average molecular weight is 165 g/mol. The van der Waals surface area contributed by atoms with Crippen LogP contribution in [0, 0.1) is 0 Å². The first-order valence-corrected chi connectivity index (χ1v) is 3.56. The molecule has 0 aliphatic carbocycles. The van der Waals surface area contributed by atoms with Crippen LogP contribution in [0.4, 0.5) is 5.69 Å². The van der Waals surface area contributed by atoms with Crippen LogP contribution in [0.25, 0.3) is 0 Å². The number of phenols is 1. The van der Waals surface area contributed by atoms with Crippen LogP contribution >= 0.6 is 0 Å². The quantitative estimate of drug-likeness (QED) is 0.406. The van der Waals surface area contributed by atoms with Gasteiger partial charge >= 0.3 is 0 Å². The molecular formula is C9H11NO2. The van der Waals surface area contributed by atoms with Crippen LogP contribution in [0.5, 0.6) is 11.5 Å². The van der Waals surface area contributed by atoms with E-state index in [0.717, 1.165) is 0 Å². The van der Waals surface area contributed by atoms with Crippen LogP contribution in [0.2, 0.25) is 0 Å². The molecule has 0 aliphatic rings. The molecule has 0 heterocycles. The molecule has 1 aromatic carbocycles. The predicted molar refractivity (Wildman–Crippen MR) is 48.2 cm³/mol. The molecule has 0 bridgehead atoms. The van der Waals surface area contributed by atoms with Gasteiger partial charge in [-0.05, 0) is 12.1 Å². The SMILES string of the molecule is C=CCOc1ccc(O)c(N)c1. The van der Waals surface area contributed by atoms with Crippen LogP contribution < -0.4 is 10.5 Å². The lowest BCUT2D eigenvalue weighted by atomic mass is 10.3. The smallest absolute Gasteiger partial charge is 0.138 e. The first-order valence-electron chi connectivity index (χ1n) is 3.56. The largest absolute Gasteiger partial charge is 0.506 e. The number of phenolic OH excluding ortho intramolecular Hbond substituents is 1. The van der Waals surface area contributed by atoms with Gasteiger partial charge in [0.2, 0.25) is 0 Å². The first kappa shape index (κ1) is 8.46. The molecule has 3 heteroatoms. The molecule has 0 fully saturated rings. The third kappa shape index (κ3) is 1.92. The van der Waals surface area contributed by atoms with Gasteiger partial charge in [-0.15, -0.1) is 0 Å². The van der Waals surface area contributed by atoms with E-state index >= 15 is 0 Å². The maximum atomic E-state index is 9.07. The van der Waals surface area contributed by atoms with E-state index in [4.69, 9.17) is 15.6 Å². The molecule has 0 radical (unpaired) electrons. The summed E-state index contributed by atoms with van der Waals surface area (Å²) < 4.78 is 5.18. The normalized spacial score (nSPS) is 9.33. The fourth-order valence-electron chi connectivity index (χ4n) is 0.778. The molecule has 0 unspecified atom stereocenters. The van der Waals surface area contributed by atoms with E-state index in [1.54, 1.807) is 18.2 Å². The van der Waals surface area contributed by atoms with Crippen molar-refractivity contribution >= 4 is 5.69 Å². The van der Waals surface area contributed by atoms with E-state index in [-0.39, 0.29) is 5.75 Å². The zero-order valence-electron chi connectivity index (χ0n) is 6.66. The molecule has 0 spiro atoms. The van der Waals surface area contributed by atoms with Gasteiger partial charge < -0.3 is 15.6 Å². The molecule has 0 atom stereocenters. The lowest BCUT2D eigenvalue weighted by Gasteiger charge is -2.04. The van der Waals surface area contributed by atoms with Crippen molar-refractivity contribution in [3.8, 4) is 11.5 Å². The van der Waals surface area contributed by atoms with E-state index in [0.29, 0.717) is 18.0 Å². The number of nitrogen functional groups attached to an aromatic ring is 1. The Morgan fingerprint density at radius 3 is 2.92 bits per heavy atom. The number of anilines is 1. The Morgan fingerprint density at radius 2 is 2.33 bits per heavy atom. The highest BCUT2D eigenvalue weighted by molar-refractivity contribution is 5.55. The minimum atomic E-state index is 0.0703. The molecule has 1 rings (SSSR count). The molecule has 0 saturated carbocycles. The van der Waals surface area contributed by atoms with Gasteiger partial charge in [-0.25, -0.2) is 0 Å². The number of aromatic hydroxyl groups is 1. The second kappa shape index (κ2) is 3.67. The van der Waals surface area contributed by atoms with Gasteiger partial charge in [0.15, 0.2) is 0 Å². The lowest BCUT2D eigenvalue weighted by Crippen LogP contribution is -1.93. The van der Waals surface area contributed by atoms with Gasteiger partial charge in [0.1, 0.15) is 18.1 Å². The van der Waals surface area contributed by atoms with E-state index in [1.807, 2.05) is 0 Å². The second-order valence-electron chi connectivity index (χ2n) is 2.32. The maximum absolute atomic E-state index is 9.07. The van der Waals surface area contributed by atoms with Crippen LogP contribution in [0.1, 0.15) is 0 Å². The molecule has 0 amide bonds. The molecular weight excluding hydrogens is 154 g/mol. The summed E-state index contributed by atoms with van der Waals surface area (Å²) in [5.41, 5.74) is 5.75. The molecule has 64 valence electrons. The van der Waals surface area contributed by atoms with Crippen molar-refractivity contribution < 1.29 is 9.84 Å². The number of ether oxygens (including phenoxy) is 1. The molecule has 12 heavy (non-hydrogen) atoms. The van der Waals surface area contributed by atoms with E-state index in [9.17, 15) is 0 Å². The van der Waals surface area contributed by atoms with Gasteiger partial charge in [-0.1, -0.05) is 12.7 Å². The summed E-state index contributed by atoms with van der Waals surface area (Å²) >= 11 is 0. The molecule has 0 aliphatic heterocycles. The van der Waals surface area contributed by atoms with Crippen molar-refractivity contribution in [1.82, 2.24) is 0 Å². The topological polar surface area (TPSA) is 55.5 Å². The van der Waals surface area contributed by atoms with Gasteiger partial charge in [0.25, 0.3) is 0 Å². The Hall–Kier alpha value is -1.64. The minimum Gasteiger partial charge on any atom is -0.506 e. The van der Waals surface area contributed by atoms with Crippen LogP contribution in [0.3, 0.4) is 0 Å². The Morgan fingerprint density at radius 1 is 1.58 bits per heavy atom. The van der Waals surface area contributed by atoms with Crippen molar-refractivity contribution in [2.45, 2.75) is 0 Å². The summed E-state index contributed by atoms with van der Waals surface area (Å²) in [6.07, 6.45) is 1.64. The van der Waals surface area contributed by atoms with E-state index < -0.39 is 0 Å². The predicted octanol–water partition coefficient (Wildman–Crippen LogP) is 1.54. The number of benzene rings is 1. The third-order valence-corrected chi connectivity index (χ3v) is 1.37. The van der Waals surface area contributed by atoms with Crippen molar-refractivity contribution in [3.05, 3.63) is 30.9 Å².